The minimum absolute atomic E-state index is 0.0258. The van der Waals surface area contributed by atoms with Crippen molar-refractivity contribution in [1.29, 1.82) is 0 Å². The van der Waals surface area contributed by atoms with Gasteiger partial charge in [-0.1, -0.05) is 12.7 Å². The van der Waals surface area contributed by atoms with Crippen molar-refractivity contribution in [2.45, 2.75) is 24.7 Å². The molecule has 0 aromatic rings. The summed E-state index contributed by atoms with van der Waals surface area (Å²) in [6, 6.07) is 0. The molecule has 0 aliphatic carbocycles. The van der Waals surface area contributed by atoms with Crippen molar-refractivity contribution >= 4 is 0 Å². The molecule has 12 heavy (non-hydrogen) atoms. The zero-order valence-corrected chi connectivity index (χ0v) is 6.49. The lowest BCUT2D eigenvalue weighted by molar-refractivity contribution is -0.213. The van der Waals surface area contributed by atoms with E-state index in [9.17, 15) is 17.6 Å². The highest BCUT2D eigenvalue weighted by atomic mass is 19.4. The van der Waals surface area contributed by atoms with Crippen molar-refractivity contribution < 1.29 is 17.6 Å². The van der Waals surface area contributed by atoms with Crippen LogP contribution in [0.5, 0.6) is 0 Å². The van der Waals surface area contributed by atoms with E-state index in [0.717, 1.165) is 0 Å². The molecule has 4 heteroatoms. The summed E-state index contributed by atoms with van der Waals surface area (Å²) in [5, 5.41) is 0. The summed E-state index contributed by atoms with van der Waals surface area (Å²) >= 11 is 0. The van der Waals surface area contributed by atoms with Crippen molar-refractivity contribution in [3.63, 3.8) is 0 Å². The van der Waals surface area contributed by atoms with Crippen molar-refractivity contribution in [2.24, 2.45) is 0 Å². The van der Waals surface area contributed by atoms with Gasteiger partial charge in [-0.25, -0.2) is 4.39 Å². The number of alkyl halides is 4. The fraction of sp³-hybridized carbons (Fsp3) is 0.500. The predicted octanol–water partition coefficient (Wildman–Crippen LogP) is 3.41. The van der Waals surface area contributed by atoms with Gasteiger partial charge in [-0.2, -0.15) is 13.2 Å². The van der Waals surface area contributed by atoms with Crippen molar-refractivity contribution in [2.75, 3.05) is 0 Å². The molecule has 0 spiro atoms. The standard InChI is InChI=1S/C8H10F4/c1-3-5-6-7(9,4-2)8(10,11)12/h3-4H,1-2,5-6H2. The molecule has 0 aromatic heterocycles. The largest absolute Gasteiger partial charge is 0.426 e. The molecule has 0 saturated carbocycles. The number of halogens is 4. The molecule has 0 bridgehead atoms. The molecule has 0 radical (unpaired) electrons. The topological polar surface area (TPSA) is 0 Å². The minimum Gasteiger partial charge on any atom is -0.229 e. The summed E-state index contributed by atoms with van der Waals surface area (Å²) in [5.41, 5.74) is -3.28. The predicted molar refractivity (Wildman–Crippen MR) is 39.5 cm³/mol. The Morgan fingerprint density at radius 3 is 1.83 bits per heavy atom. The zero-order valence-electron chi connectivity index (χ0n) is 6.49. The smallest absolute Gasteiger partial charge is 0.229 e. The van der Waals surface area contributed by atoms with Gasteiger partial charge in [-0.05, 0) is 18.9 Å². The van der Waals surface area contributed by atoms with E-state index in [0.29, 0.717) is 0 Å². The molecule has 70 valence electrons. The van der Waals surface area contributed by atoms with Gasteiger partial charge in [0.1, 0.15) is 0 Å². The molecule has 0 saturated heterocycles. The van der Waals surface area contributed by atoms with E-state index in [-0.39, 0.29) is 12.5 Å². The van der Waals surface area contributed by atoms with Crippen LogP contribution in [0.25, 0.3) is 0 Å². The number of rotatable bonds is 4. The van der Waals surface area contributed by atoms with Gasteiger partial charge < -0.3 is 0 Å². The van der Waals surface area contributed by atoms with Crippen LogP contribution in [0.4, 0.5) is 17.6 Å². The van der Waals surface area contributed by atoms with Crippen LogP contribution in [0.1, 0.15) is 12.8 Å². The monoisotopic (exact) mass is 182 g/mol. The van der Waals surface area contributed by atoms with Crippen LogP contribution < -0.4 is 0 Å². The van der Waals surface area contributed by atoms with E-state index in [1.165, 1.54) is 6.08 Å². The second-order valence-electron chi connectivity index (χ2n) is 2.39. The molecule has 0 fully saturated rings. The first-order chi connectivity index (χ1) is 5.37. The Morgan fingerprint density at radius 2 is 1.58 bits per heavy atom. The normalized spacial score (nSPS) is 16.7. The van der Waals surface area contributed by atoms with Gasteiger partial charge in [0, 0.05) is 0 Å². The van der Waals surface area contributed by atoms with Gasteiger partial charge in [-0.15, -0.1) is 6.58 Å². The quantitative estimate of drug-likeness (QED) is 0.461. The first-order valence-electron chi connectivity index (χ1n) is 3.37. The second-order valence-corrected chi connectivity index (χ2v) is 2.39. The number of hydrogen-bond acceptors (Lipinski definition) is 0. The Hall–Kier alpha value is -0.800. The molecule has 0 aromatic carbocycles. The summed E-state index contributed by atoms with van der Waals surface area (Å²) in [6.07, 6.45) is -4.02. The fourth-order valence-corrected chi connectivity index (χ4v) is 0.672. The average molecular weight is 182 g/mol. The lowest BCUT2D eigenvalue weighted by atomic mass is 9.99. The van der Waals surface area contributed by atoms with Crippen molar-refractivity contribution in [3.05, 3.63) is 25.3 Å². The Kier molecular flexibility index (Phi) is 3.49. The third kappa shape index (κ3) is 2.36. The molecule has 0 aliphatic rings. The second kappa shape index (κ2) is 3.74. The van der Waals surface area contributed by atoms with Crippen LogP contribution in [-0.2, 0) is 0 Å². The SMILES string of the molecule is C=CCCC(F)(C=C)C(F)(F)F. The van der Waals surface area contributed by atoms with E-state index in [1.807, 2.05) is 0 Å². The zero-order chi connectivity index (χ0) is 9.83. The van der Waals surface area contributed by atoms with E-state index in [1.54, 1.807) is 0 Å². The highest BCUT2D eigenvalue weighted by Crippen LogP contribution is 2.38. The maximum Gasteiger partial charge on any atom is 0.426 e. The molecular formula is C8H10F4. The van der Waals surface area contributed by atoms with Crippen LogP contribution >= 0.6 is 0 Å². The highest BCUT2D eigenvalue weighted by molar-refractivity contribution is 5.02. The van der Waals surface area contributed by atoms with Gasteiger partial charge in [0.2, 0.25) is 5.67 Å². The molecule has 0 amide bonds. The summed E-state index contributed by atoms with van der Waals surface area (Å²) in [5.74, 6) is 0. The fourth-order valence-electron chi connectivity index (χ4n) is 0.672. The number of allylic oxidation sites excluding steroid dienone is 2. The Labute approximate surface area is 68.6 Å². The third-order valence-corrected chi connectivity index (χ3v) is 1.51. The molecule has 1 unspecified atom stereocenters. The lowest BCUT2D eigenvalue weighted by Crippen LogP contribution is -2.38. The first kappa shape index (κ1) is 11.2. The van der Waals surface area contributed by atoms with E-state index < -0.39 is 18.3 Å². The maximum atomic E-state index is 12.9. The van der Waals surface area contributed by atoms with Gasteiger partial charge in [0.15, 0.2) is 0 Å². The first-order valence-corrected chi connectivity index (χ1v) is 3.37. The molecule has 1 atom stereocenters. The summed E-state index contributed by atoms with van der Waals surface area (Å²) in [7, 11) is 0. The van der Waals surface area contributed by atoms with Gasteiger partial charge in [0.25, 0.3) is 0 Å². The third-order valence-electron chi connectivity index (χ3n) is 1.51. The van der Waals surface area contributed by atoms with Gasteiger partial charge in [0.05, 0.1) is 0 Å². The minimum atomic E-state index is -4.88. The van der Waals surface area contributed by atoms with Crippen molar-refractivity contribution in [1.82, 2.24) is 0 Å². The van der Waals surface area contributed by atoms with Crippen LogP contribution in [0, 0.1) is 0 Å². The van der Waals surface area contributed by atoms with E-state index >= 15 is 0 Å². The number of hydrogen-bond donors (Lipinski definition) is 0. The van der Waals surface area contributed by atoms with Crippen LogP contribution in [0.3, 0.4) is 0 Å². The molecule has 0 heterocycles. The van der Waals surface area contributed by atoms with Gasteiger partial charge in [-0.3, -0.25) is 0 Å². The van der Waals surface area contributed by atoms with Crippen LogP contribution in [0.2, 0.25) is 0 Å². The van der Waals surface area contributed by atoms with Crippen LogP contribution in [0.15, 0.2) is 25.3 Å². The molecule has 0 nitrogen and oxygen atoms in total. The average Bonchev–Trinajstić information content (AvgIpc) is 1.98. The molecule has 0 rings (SSSR count). The molecule has 0 aliphatic heterocycles. The Balaban J connectivity index is 4.44. The summed E-state index contributed by atoms with van der Waals surface area (Å²) in [4.78, 5) is 0. The summed E-state index contributed by atoms with van der Waals surface area (Å²) in [6.45, 7) is 6.03. The van der Waals surface area contributed by atoms with Crippen molar-refractivity contribution in [3.8, 4) is 0 Å². The highest BCUT2D eigenvalue weighted by Gasteiger charge is 2.52. The summed E-state index contributed by atoms with van der Waals surface area (Å²) < 4.78 is 48.8. The van der Waals surface area contributed by atoms with Crippen LogP contribution in [-0.4, -0.2) is 11.8 Å². The molecule has 0 N–H and O–H groups in total. The lowest BCUT2D eigenvalue weighted by Gasteiger charge is -2.23. The van der Waals surface area contributed by atoms with Gasteiger partial charge >= 0.3 is 6.18 Å². The maximum absolute atomic E-state index is 12.9. The van der Waals surface area contributed by atoms with E-state index in [4.69, 9.17) is 0 Å². The Bertz CT molecular complexity index is 170. The molecular weight excluding hydrogens is 172 g/mol. The Morgan fingerprint density at radius 1 is 1.08 bits per heavy atom. The van der Waals surface area contributed by atoms with E-state index in [2.05, 4.69) is 13.2 Å².